The van der Waals surface area contributed by atoms with Crippen LogP contribution in [0.2, 0.25) is 0 Å². The van der Waals surface area contributed by atoms with Crippen molar-refractivity contribution in [1.82, 2.24) is 4.98 Å². The van der Waals surface area contributed by atoms with Crippen LogP contribution >= 0.6 is 0 Å². The summed E-state index contributed by atoms with van der Waals surface area (Å²) < 4.78 is 5.39. The van der Waals surface area contributed by atoms with Crippen molar-refractivity contribution >= 4 is 17.3 Å². The molecular weight excluding hydrogens is 248 g/mol. The molecule has 0 atom stereocenters. The Balaban J connectivity index is 2.19. The van der Waals surface area contributed by atoms with Gasteiger partial charge in [0.2, 0.25) is 5.82 Å². The molecule has 0 aliphatic rings. The third kappa shape index (κ3) is 3.01. The zero-order chi connectivity index (χ0) is 13.8. The monoisotopic (exact) mass is 262 g/mol. The summed E-state index contributed by atoms with van der Waals surface area (Å²) >= 11 is 0. The largest absolute Gasteiger partial charge is 0.465 e. The van der Waals surface area contributed by atoms with Crippen molar-refractivity contribution in [3.05, 3.63) is 45.9 Å². The van der Waals surface area contributed by atoms with E-state index in [-0.39, 0.29) is 11.5 Å². The van der Waals surface area contributed by atoms with Gasteiger partial charge in [-0.05, 0) is 25.1 Å². The predicted molar refractivity (Wildman–Crippen MR) is 71.2 cm³/mol. The van der Waals surface area contributed by atoms with E-state index >= 15 is 0 Å². The van der Waals surface area contributed by atoms with Gasteiger partial charge in [-0.25, -0.2) is 4.98 Å². The zero-order valence-corrected chi connectivity index (χ0v) is 10.6. The van der Waals surface area contributed by atoms with Crippen LogP contribution in [0.1, 0.15) is 11.5 Å². The molecule has 7 nitrogen and oxygen atoms in total. The molecule has 2 heterocycles. The fourth-order valence-corrected chi connectivity index (χ4v) is 1.62. The Morgan fingerprint density at radius 1 is 1.37 bits per heavy atom. The van der Waals surface area contributed by atoms with Gasteiger partial charge in [0.25, 0.3) is 0 Å². The molecular formula is C12H14N4O3. The molecule has 2 aromatic heterocycles. The van der Waals surface area contributed by atoms with E-state index in [0.29, 0.717) is 18.1 Å². The highest BCUT2D eigenvalue weighted by molar-refractivity contribution is 5.60. The number of furan rings is 1. The van der Waals surface area contributed by atoms with Crippen LogP contribution < -0.4 is 10.6 Å². The van der Waals surface area contributed by atoms with Crippen LogP contribution in [0.25, 0.3) is 0 Å². The highest BCUT2D eigenvalue weighted by atomic mass is 16.6. The maximum atomic E-state index is 10.9. The molecule has 0 saturated heterocycles. The molecule has 0 bridgehead atoms. The first-order valence-electron chi connectivity index (χ1n) is 5.72. The van der Waals surface area contributed by atoms with Crippen molar-refractivity contribution in [3.8, 4) is 0 Å². The lowest BCUT2D eigenvalue weighted by molar-refractivity contribution is -0.384. The van der Waals surface area contributed by atoms with Crippen LogP contribution in [0, 0.1) is 17.0 Å². The molecule has 19 heavy (non-hydrogen) atoms. The van der Waals surface area contributed by atoms with Gasteiger partial charge in [0.15, 0.2) is 0 Å². The fourth-order valence-electron chi connectivity index (χ4n) is 1.62. The summed E-state index contributed by atoms with van der Waals surface area (Å²) in [5.41, 5.74) is -0.0673. The normalized spacial score (nSPS) is 10.2. The zero-order valence-electron chi connectivity index (χ0n) is 10.6. The Morgan fingerprint density at radius 2 is 2.16 bits per heavy atom. The first-order valence-corrected chi connectivity index (χ1v) is 5.72. The van der Waals surface area contributed by atoms with Gasteiger partial charge in [-0.3, -0.25) is 10.1 Å². The van der Waals surface area contributed by atoms with Crippen molar-refractivity contribution < 1.29 is 9.34 Å². The van der Waals surface area contributed by atoms with E-state index in [4.69, 9.17) is 4.42 Å². The summed E-state index contributed by atoms with van der Waals surface area (Å²) in [6.07, 6.45) is 0. The van der Waals surface area contributed by atoms with Gasteiger partial charge in [0, 0.05) is 13.1 Å². The lowest BCUT2D eigenvalue weighted by Crippen LogP contribution is -2.05. The van der Waals surface area contributed by atoms with E-state index in [0.717, 1.165) is 5.76 Å². The molecule has 0 radical (unpaired) electrons. The SMILES string of the molecule is CNc1ccc([N+](=O)[O-])c(NCc2ccc(C)o2)n1. The minimum absolute atomic E-state index is 0.0673. The first-order chi connectivity index (χ1) is 9.10. The summed E-state index contributed by atoms with van der Waals surface area (Å²) in [5, 5.41) is 16.7. The molecule has 2 rings (SSSR count). The average Bonchev–Trinajstić information content (AvgIpc) is 2.81. The number of rotatable bonds is 5. The van der Waals surface area contributed by atoms with E-state index in [2.05, 4.69) is 15.6 Å². The molecule has 0 saturated carbocycles. The Hall–Kier alpha value is -2.57. The summed E-state index contributed by atoms with van der Waals surface area (Å²) in [7, 11) is 1.70. The van der Waals surface area contributed by atoms with Gasteiger partial charge in [0.05, 0.1) is 11.5 Å². The van der Waals surface area contributed by atoms with E-state index < -0.39 is 4.92 Å². The van der Waals surface area contributed by atoms with Crippen LogP contribution in [0.15, 0.2) is 28.7 Å². The molecule has 0 aliphatic carbocycles. The quantitative estimate of drug-likeness (QED) is 0.635. The number of aromatic nitrogens is 1. The van der Waals surface area contributed by atoms with Crippen LogP contribution in [0.4, 0.5) is 17.3 Å². The maximum absolute atomic E-state index is 10.9. The van der Waals surface area contributed by atoms with Crippen LogP contribution in [0.3, 0.4) is 0 Å². The number of aryl methyl sites for hydroxylation is 1. The summed E-state index contributed by atoms with van der Waals surface area (Å²) in [4.78, 5) is 14.6. The van der Waals surface area contributed by atoms with Gasteiger partial charge in [-0.2, -0.15) is 0 Å². The summed E-state index contributed by atoms with van der Waals surface area (Å²) in [6.45, 7) is 2.18. The number of hydrogen-bond donors (Lipinski definition) is 2. The Kier molecular flexibility index (Phi) is 3.65. The first kappa shape index (κ1) is 12.9. The molecule has 7 heteroatoms. The van der Waals surface area contributed by atoms with Crippen molar-refractivity contribution in [1.29, 1.82) is 0 Å². The van der Waals surface area contributed by atoms with Gasteiger partial charge in [0.1, 0.15) is 17.3 Å². The fraction of sp³-hybridized carbons (Fsp3) is 0.250. The highest BCUT2D eigenvalue weighted by Gasteiger charge is 2.15. The van der Waals surface area contributed by atoms with Crippen molar-refractivity contribution in [2.45, 2.75) is 13.5 Å². The van der Waals surface area contributed by atoms with Gasteiger partial charge < -0.3 is 15.1 Å². The smallest absolute Gasteiger partial charge is 0.311 e. The van der Waals surface area contributed by atoms with Crippen LogP contribution in [-0.2, 0) is 6.54 Å². The van der Waals surface area contributed by atoms with Gasteiger partial charge in [-0.1, -0.05) is 0 Å². The average molecular weight is 262 g/mol. The van der Waals surface area contributed by atoms with E-state index in [1.807, 2.05) is 19.1 Å². The highest BCUT2D eigenvalue weighted by Crippen LogP contribution is 2.24. The molecule has 0 aromatic carbocycles. The molecule has 0 amide bonds. The summed E-state index contributed by atoms with van der Waals surface area (Å²) in [6, 6.07) is 6.62. The van der Waals surface area contributed by atoms with Crippen molar-refractivity contribution in [2.24, 2.45) is 0 Å². The lowest BCUT2D eigenvalue weighted by Gasteiger charge is -2.06. The number of hydrogen-bond acceptors (Lipinski definition) is 6. The molecule has 0 unspecified atom stereocenters. The second-order valence-corrected chi connectivity index (χ2v) is 3.94. The molecule has 2 aromatic rings. The topological polar surface area (TPSA) is 93.2 Å². The third-order valence-electron chi connectivity index (χ3n) is 2.55. The van der Waals surface area contributed by atoms with E-state index in [1.54, 1.807) is 13.1 Å². The lowest BCUT2D eigenvalue weighted by atomic mass is 10.3. The van der Waals surface area contributed by atoms with Crippen LogP contribution in [0.5, 0.6) is 0 Å². The second kappa shape index (κ2) is 5.38. The number of pyridine rings is 1. The van der Waals surface area contributed by atoms with E-state index in [9.17, 15) is 10.1 Å². The Bertz CT molecular complexity index is 594. The second-order valence-electron chi connectivity index (χ2n) is 3.94. The standard InChI is InChI=1S/C12H14N4O3/c1-8-3-4-9(19-8)7-14-12-10(16(17)18)5-6-11(13-2)15-12/h3-6H,7H2,1-2H3,(H2,13,14,15). The Labute approximate surface area is 109 Å². The van der Waals surface area contributed by atoms with Gasteiger partial charge >= 0.3 is 5.69 Å². The predicted octanol–water partition coefficient (Wildman–Crippen LogP) is 2.55. The molecule has 0 spiro atoms. The van der Waals surface area contributed by atoms with Crippen molar-refractivity contribution in [3.63, 3.8) is 0 Å². The minimum Gasteiger partial charge on any atom is -0.465 e. The maximum Gasteiger partial charge on any atom is 0.311 e. The van der Waals surface area contributed by atoms with Crippen molar-refractivity contribution in [2.75, 3.05) is 17.7 Å². The number of nitro groups is 1. The van der Waals surface area contributed by atoms with Gasteiger partial charge in [-0.15, -0.1) is 0 Å². The molecule has 0 fully saturated rings. The number of nitrogens with one attached hydrogen (secondary N) is 2. The third-order valence-corrected chi connectivity index (χ3v) is 2.55. The minimum atomic E-state index is -0.470. The molecule has 2 N–H and O–H groups in total. The Morgan fingerprint density at radius 3 is 2.74 bits per heavy atom. The number of anilines is 2. The number of nitrogens with zero attached hydrogens (tertiary/aromatic N) is 2. The van der Waals surface area contributed by atoms with E-state index in [1.165, 1.54) is 6.07 Å². The molecule has 0 aliphatic heterocycles. The summed E-state index contributed by atoms with van der Waals surface area (Å²) in [5.74, 6) is 2.27. The van der Waals surface area contributed by atoms with Crippen LogP contribution in [-0.4, -0.2) is 17.0 Å². The molecule has 100 valence electrons.